The number of rotatable bonds is 10. The van der Waals surface area contributed by atoms with Gasteiger partial charge in [-0.2, -0.15) is 0 Å². The molecule has 8 nitrogen and oxygen atoms in total. The summed E-state index contributed by atoms with van der Waals surface area (Å²) in [7, 11) is -4.40. The van der Waals surface area contributed by atoms with Gasteiger partial charge in [0, 0.05) is 11.8 Å². The number of nitro groups is 1. The zero-order valence-corrected chi connectivity index (χ0v) is 19.0. The van der Waals surface area contributed by atoms with Crippen LogP contribution in [0.15, 0.2) is 83.8 Å². The molecule has 1 amide bonds. The van der Waals surface area contributed by atoms with E-state index in [2.05, 4.69) is 12.2 Å². The molecular weight excluding hydrogens is 442 g/mol. The second kappa shape index (κ2) is 10.7. The Morgan fingerprint density at radius 2 is 1.61 bits per heavy atom. The number of carbonyl (C=O) groups is 1. The summed E-state index contributed by atoms with van der Waals surface area (Å²) in [6.45, 7) is 1.57. The number of aryl methyl sites for hydroxylation is 1. The maximum Gasteiger partial charge on any atom is 0.289 e. The first kappa shape index (κ1) is 23.9. The van der Waals surface area contributed by atoms with Gasteiger partial charge in [0.25, 0.3) is 15.7 Å². The van der Waals surface area contributed by atoms with Gasteiger partial charge >= 0.3 is 0 Å². The Morgan fingerprint density at radius 1 is 0.970 bits per heavy atom. The number of unbranched alkanes of at least 4 members (excludes halogenated alkanes) is 1. The molecule has 9 heteroatoms. The molecule has 0 saturated carbocycles. The molecule has 0 bridgehead atoms. The van der Waals surface area contributed by atoms with E-state index in [1.807, 2.05) is 12.1 Å². The third-order valence-corrected chi connectivity index (χ3v) is 6.84. The molecule has 0 atom stereocenters. The number of nitrogens with zero attached hydrogens (tertiary/aromatic N) is 2. The fraction of sp³-hybridized carbons (Fsp3) is 0.208. The summed E-state index contributed by atoms with van der Waals surface area (Å²) in [5.74, 6) is -0.567. The number of para-hydroxylation sites is 2. The summed E-state index contributed by atoms with van der Waals surface area (Å²) >= 11 is 0. The van der Waals surface area contributed by atoms with Crippen LogP contribution in [0.3, 0.4) is 0 Å². The lowest BCUT2D eigenvalue weighted by molar-refractivity contribution is -0.387. The summed E-state index contributed by atoms with van der Waals surface area (Å²) in [6, 6.07) is 20.5. The van der Waals surface area contributed by atoms with Crippen LogP contribution < -0.4 is 9.62 Å². The minimum absolute atomic E-state index is 0.223. The predicted molar refractivity (Wildman–Crippen MR) is 128 cm³/mol. The Morgan fingerprint density at radius 3 is 2.24 bits per heavy atom. The maximum atomic E-state index is 13.4. The van der Waals surface area contributed by atoms with Gasteiger partial charge < -0.3 is 5.32 Å². The number of nitrogens with one attached hydrogen (secondary N) is 1. The molecule has 3 rings (SSSR count). The fourth-order valence-electron chi connectivity index (χ4n) is 3.32. The van der Waals surface area contributed by atoms with Crippen LogP contribution in [-0.2, 0) is 21.2 Å². The highest BCUT2D eigenvalue weighted by atomic mass is 32.2. The number of carbonyl (C=O) groups excluding carboxylic acids is 1. The molecule has 0 spiro atoms. The minimum Gasteiger partial charge on any atom is -0.325 e. The highest BCUT2D eigenvalue weighted by molar-refractivity contribution is 7.93. The fourth-order valence-corrected chi connectivity index (χ4v) is 4.90. The minimum atomic E-state index is -4.40. The molecule has 33 heavy (non-hydrogen) atoms. The van der Waals surface area contributed by atoms with E-state index in [1.165, 1.54) is 24.3 Å². The Balaban J connectivity index is 1.88. The molecule has 0 aliphatic heterocycles. The van der Waals surface area contributed by atoms with Crippen molar-refractivity contribution in [3.8, 4) is 0 Å². The van der Waals surface area contributed by atoms with Gasteiger partial charge in [-0.15, -0.1) is 0 Å². The van der Waals surface area contributed by atoms with E-state index in [0.717, 1.165) is 41.3 Å². The molecule has 172 valence electrons. The summed E-state index contributed by atoms with van der Waals surface area (Å²) < 4.78 is 27.7. The van der Waals surface area contributed by atoms with E-state index < -0.39 is 38.0 Å². The average molecular weight is 468 g/mol. The van der Waals surface area contributed by atoms with E-state index >= 15 is 0 Å². The van der Waals surface area contributed by atoms with Crippen molar-refractivity contribution in [1.29, 1.82) is 0 Å². The van der Waals surface area contributed by atoms with Crippen LogP contribution in [0.1, 0.15) is 25.3 Å². The zero-order valence-electron chi connectivity index (χ0n) is 18.2. The SMILES string of the molecule is CCCCc1ccc(NC(=O)CN(c2ccccc2)S(=O)(=O)c2ccccc2[N+](=O)[O-])cc1. The van der Waals surface area contributed by atoms with Gasteiger partial charge in [0.05, 0.1) is 10.6 Å². The van der Waals surface area contributed by atoms with E-state index in [1.54, 1.807) is 30.3 Å². The van der Waals surface area contributed by atoms with Gasteiger partial charge in [0.1, 0.15) is 6.54 Å². The highest BCUT2D eigenvalue weighted by Crippen LogP contribution is 2.29. The normalized spacial score (nSPS) is 11.1. The third-order valence-electron chi connectivity index (χ3n) is 5.02. The monoisotopic (exact) mass is 467 g/mol. The van der Waals surface area contributed by atoms with Crippen molar-refractivity contribution in [1.82, 2.24) is 0 Å². The second-order valence-corrected chi connectivity index (χ2v) is 9.25. The van der Waals surface area contributed by atoms with Crippen molar-refractivity contribution in [2.45, 2.75) is 31.1 Å². The molecule has 0 heterocycles. The van der Waals surface area contributed by atoms with Crippen molar-refractivity contribution in [2.75, 3.05) is 16.2 Å². The van der Waals surface area contributed by atoms with Gasteiger partial charge in [-0.25, -0.2) is 8.42 Å². The standard InChI is InChI=1S/C24H25N3O5S/c1-2-3-9-19-14-16-20(17-15-19)25-24(28)18-26(21-10-5-4-6-11-21)33(31,32)23-13-8-7-12-22(23)27(29)30/h4-8,10-17H,2-3,9,18H2,1H3,(H,25,28). The number of hydrogen-bond acceptors (Lipinski definition) is 5. The van der Waals surface area contributed by atoms with Gasteiger partial charge in [-0.3, -0.25) is 19.2 Å². The summed E-state index contributed by atoms with van der Waals surface area (Å²) in [5, 5.41) is 14.1. The first-order valence-electron chi connectivity index (χ1n) is 10.5. The smallest absolute Gasteiger partial charge is 0.289 e. The van der Waals surface area contributed by atoms with Crippen LogP contribution >= 0.6 is 0 Å². The highest BCUT2D eigenvalue weighted by Gasteiger charge is 2.33. The van der Waals surface area contributed by atoms with Gasteiger partial charge in [-0.05, 0) is 48.7 Å². The molecular formula is C24H25N3O5S. The largest absolute Gasteiger partial charge is 0.325 e. The molecule has 3 aromatic carbocycles. The van der Waals surface area contributed by atoms with E-state index in [0.29, 0.717) is 5.69 Å². The molecule has 0 aromatic heterocycles. The lowest BCUT2D eigenvalue weighted by Gasteiger charge is -2.24. The molecule has 0 aliphatic rings. The van der Waals surface area contributed by atoms with Crippen molar-refractivity contribution in [3.63, 3.8) is 0 Å². The first-order valence-corrected chi connectivity index (χ1v) is 12.0. The molecule has 0 aliphatic carbocycles. The molecule has 1 N–H and O–H groups in total. The lowest BCUT2D eigenvalue weighted by Crippen LogP contribution is -2.38. The first-order chi connectivity index (χ1) is 15.8. The Kier molecular flexibility index (Phi) is 7.78. The average Bonchev–Trinajstić information content (AvgIpc) is 2.82. The van der Waals surface area contributed by atoms with Crippen molar-refractivity contribution in [3.05, 3.63) is 94.5 Å². The van der Waals surface area contributed by atoms with Gasteiger partial charge in [-0.1, -0.05) is 55.8 Å². The number of sulfonamides is 1. The second-order valence-electron chi connectivity index (χ2n) is 7.42. The van der Waals surface area contributed by atoms with E-state index in [4.69, 9.17) is 0 Å². The number of amides is 1. The number of anilines is 2. The van der Waals surface area contributed by atoms with Crippen LogP contribution in [0.25, 0.3) is 0 Å². The number of benzene rings is 3. The van der Waals surface area contributed by atoms with Crippen LogP contribution in [0.2, 0.25) is 0 Å². The topological polar surface area (TPSA) is 110 Å². The predicted octanol–water partition coefficient (Wildman–Crippen LogP) is 4.77. The van der Waals surface area contributed by atoms with Gasteiger partial charge in [0.2, 0.25) is 5.91 Å². The summed E-state index contributed by atoms with van der Waals surface area (Å²) in [5.41, 5.74) is 1.36. The number of nitro benzene ring substituents is 1. The van der Waals surface area contributed by atoms with Crippen molar-refractivity contribution >= 4 is 33.0 Å². The van der Waals surface area contributed by atoms with E-state index in [-0.39, 0.29) is 5.69 Å². The molecule has 0 radical (unpaired) electrons. The molecule has 0 unspecified atom stereocenters. The summed E-state index contributed by atoms with van der Waals surface area (Å²) in [6.07, 6.45) is 3.10. The van der Waals surface area contributed by atoms with Gasteiger partial charge in [0.15, 0.2) is 4.90 Å². The Labute approximate surface area is 193 Å². The van der Waals surface area contributed by atoms with Crippen LogP contribution in [0, 0.1) is 10.1 Å². The zero-order chi connectivity index (χ0) is 23.8. The Bertz CT molecular complexity index is 1210. The van der Waals surface area contributed by atoms with E-state index in [9.17, 15) is 23.3 Å². The third kappa shape index (κ3) is 5.95. The summed E-state index contributed by atoms with van der Waals surface area (Å²) in [4.78, 5) is 23.0. The lowest BCUT2D eigenvalue weighted by atomic mass is 10.1. The molecule has 0 saturated heterocycles. The quantitative estimate of drug-likeness (QED) is 0.341. The maximum absolute atomic E-state index is 13.4. The number of hydrogen-bond donors (Lipinski definition) is 1. The molecule has 0 fully saturated rings. The molecule has 3 aromatic rings. The van der Waals surface area contributed by atoms with Crippen LogP contribution in [0.5, 0.6) is 0 Å². The van der Waals surface area contributed by atoms with Crippen molar-refractivity contribution < 1.29 is 18.1 Å². The van der Waals surface area contributed by atoms with Crippen LogP contribution in [0.4, 0.5) is 17.1 Å². The van der Waals surface area contributed by atoms with Crippen molar-refractivity contribution in [2.24, 2.45) is 0 Å². The van der Waals surface area contributed by atoms with Crippen LogP contribution in [-0.4, -0.2) is 25.8 Å². The Hall–Kier alpha value is -3.72.